The summed E-state index contributed by atoms with van der Waals surface area (Å²) in [7, 11) is 0. The number of ether oxygens (including phenoxy) is 1. The highest BCUT2D eigenvalue weighted by molar-refractivity contribution is 5.69. The fourth-order valence-corrected chi connectivity index (χ4v) is 4.86. The number of carbonyl (C=O) groups excluding carboxylic acids is 1. The molecule has 0 amide bonds. The topological polar surface area (TPSA) is 63.6 Å². The van der Waals surface area contributed by atoms with E-state index in [1.54, 1.807) is 0 Å². The molecule has 0 saturated heterocycles. The minimum atomic E-state index is -0.712. The van der Waals surface area contributed by atoms with Gasteiger partial charge in [0.25, 0.3) is 0 Å². The second kappa shape index (κ2) is 34.9. The summed E-state index contributed by atoms with van der Waals surface area (Å²) < 4.78 is 5.91. The fourth-order valence-electron chi connectivity index (χ4n) is 4.86. The van der Waals surface area contributed by atoms with Crippen molar-refractivity contribution in [3.05, 3.63) is 72.9 Å². The first-order valence-corrected chi connectivity index (χ1v) is 17.9. The number of rotatable bonds is 31. The summed E-state index contributed by atoms with van der Waals surface area (Å²) >= 11 is 0. The van der Waals surface area contributed by atoms with Gasteiger partial charge < -0.3 is 9.84 Å². The second-order valence-electron chi connectivity index (χ2n) is 11.7. The third-order valence-corrected chi connectivity index (χ3v) is 7.46. The molecule has 0 heterocycles. The van der Waals surface area contributed by atoms with Crippen molar-refractivity contribution in [1.29, 1.82) is 0 Å². The van der Waals surface area contributed by atoms with Gasteiger partial charge in [0.1, 0.15) is 6.10 Å². The van der Waals surface area contributed by atoms with Crippen molar-refractivity contribution in [2.24, 2.45) is 0 Å². The Morgan fingerprint density at radius 2 is 0.932 bits per heavy atom. The van der Waals surface area contributed by atoms with Crippen molar-refractivity contribution in [1.82, 2.24) is 0 Å². The molecule has 1 N–H and O–H groups in total. The number of carboxylic acid groups (broad SMARTS) is 1. The van der Waals surface area contributed by atoms with Crippen LogP contribution in [0.15, 0.2) is 72.9 Å². The molecule has 0 radical (unpaired) electrons. The molecule has 0 bridgehead atoms. The van der Waals surface area contributed by atoms with Gasteiger partial charge in [-0.2, -0.15) is 0 Å². The third kappa shape index (κ3) is 33.9. The smallest absolute Gasteiger partial charge is 0.306 e. The molecule has 0 saturated carbocycles. The van der Waals surface area contributed by atoms with Gasteiger partial charge in [-0.3, -0.25) is 9.59 Å². The molecule has 250 valence electrons. The van der Waals surface area contributed by atoms with E-state index >= 15 is 0 Å². The summed E-state index contributed by atoms with van der Waals surface area (Å²) in [6.45, 7) is 4.40. The van der Waals surface area contributed by atoms with Gasteiger partial charge in [0.2, 0.25) is 0 Å². The SMILES string of the molecule is CC/C=C\C/C=C\C/C=C\C/C=C\C/C=C\C/C=C\CCC(=O)OC(CCCCCCCCC)CCCCCCCC(=O)O. The van der Waals surface area contributed by atoms with Crippen LogP contribution in [0.25, 0.3) is 0 Å². The minimum absolute atomic E-state index is 0.0161. The van der Waals surface area contributed by atoms with Crippen LogP contribution in [0.3, 0.4) is 0 Å². The van der Waals surface area contributed by atoms with Crippen molar-refractivity contribution in [3.63, 3.8) is 0 Å². The molecule has 0 aromatic rings. The number of carbonyl (C=O) groups is 2. The largest absolute Gasteiger partial charge is 0.481 e. The quantitative estimate of drug-likeness (QED) is 0.0482. The number of esters is 1. The number of carboxylic acids is 1. The Kier molecular flexibility index (Phi) is 32.8. The molecule has 0 rings (SSSR count). The molecule has 44 heavy (non-hydrogen) atoms. The van der Waals surface area contributed by atoms with Crippen molar-refractivity contribution in [2.45, 2.75) is 168 Å². The summed E-state index contributed by atoms with van der Waals surface area (Å²) in [5.74, 6) is -0.797. The molecule has 0 aliphatic heterocycles. The highest BCUT2D eigenvalue weighted by Crippen LogP contribution is 2.18. The lowest BCUT2D eigenvalue weighted by atomic mass is 10.0. The number of allylic oxidation sites excluding steroid dienone is 12. The average Bonchev–Trinajstić information content (AvgIpc) is 3.00. The Labute approximate surface area is 271 Å². The number of unbranched alkanes of at least 4 members (excludes halogenated alkanes) is 10. The lowest BCUT2D eigenvalue weighted by Gasteiger charge is -2.18. The van der Waals surface area contributed by atoms with Gasteiger partial charge in [-0.1, -0.05) is 145 Å². The fraction of sp³-hybridized carbons (Fsp3) is 0.650. The van der Waals surface area contributed by atoms with E-state index in [-0.39, 0.29) is 18.5 Å². The second-order valence-corrected chi connectivity index (χ2v) is 11.7. The van der Waals surface area contributed by atoms with Gasteiger partial charge in [-0.15, -0.1) is 0 Å². The first kappa shape index (κ1) is 41.4. The van der Waals surface area contributed by atoms with Gasteiger partial charge in [0, 0.05) is 12.8 Å². The molecule has 0 aromatic carbocycles. The molecule has 4 heteroatoms. The molecule has 0 aromatic heterocycles. The molecule has 0 fully saturated rings. The number of hydrogen-bond acceptors (Lipinski definition) is 3. The molecule has 0 aliphatic carbocycles. The van der Waals surface area contributed by atoms with Crippen LogP contribution in [0.5, 0.6) is 0 Å². The van der Waals surface area contributed by atoms with Crippen molar-refractivity contribution in [3.8, 4) is 0 Å². The first-order chi connectivity index (χ1) is 21.6. The predicted octanol–water partition coefficient (Wildman–Crippen LogP) is 12.3. The van der Waals surface area contributed by atoms with Gasteiger partial charge in [-0.05, 0) is 77.0 Å². The zero-order chi connectivity index (χ0) is 32.2. The van der Waals surface area contributed by atoms with Crippen molar-refractivity contribution in [2.75, 3.05) is 0 Å². The third-order valence-electron chi connectivity index (χ3n) is 7.46. The van der Waals surface area contributed by atoms with E-state index in [9.17, 15) is 9.59 Å². The van der Waals surface area contributed by atoms with E-state index in [1.807, 2.05) is 0 Å². The lowest BCUT2D eigenvalue weighted by molar-refractivity contribution is -0.149. The predicted molar refractivity (Wildman–Crippen MR) is 190 cm³/mol. The molecule has 0 spiro atoms. The molecule has 0 aliphatic rings. The van der Waals surface area contributed by atoms with E-state index in [1.165, 1.54) is 38.5 Å². The highest BCUT2D eigenvalue weighted by atomic mass is 16.5. The Hall–Kier alpha value is -2.62. The van der Waals surface area contributed by atoms with Crippen LogP contribution in [0.1, 0.15) is 162 Å². The maximum atomic E-state index is 12.5. The van der Waals surface area contributed by atoms with Gasteiger partial charge in [-0.25, -0.2) is 0 Å². The molecule has 1 unspecified atom stereocenters. The summed E-state index contributed by atoms with van der Waals surface area (Å²) in [4.78, 5) is 23.2. The zero-order valence-electron chi connectivity index (χ0n) is 28.4. The van der Waals surface area contributed by atoms with E-state index < -0.39 is 5.97 Å². The number of aliphatic carboxylic acids is 1. The van der Waals surface area contributed by atoms with Crippen LogP contribution in [-0.2, 0) is 14.3 Å². The Bertz CT molecular complexity index is 830. The van der Waals surface area contributed by atoms with Crippen molar-refractivity contribution < 1.29 is 19.4 Å². The van der Waals surface area contributed by atoms with Crippen LogP contribution < -0.4 is 0 Å². The average molecular weight is 611 g/mol. The lowest BCUT2D eigenvalue weighted by Crippen LogP contribution is -2.18. The number of hydrogen-bond donors (Lipinski definition) is 1. The molecular formula is C40H66O4. The first-order valence-electron chi connectivity index (χ1n) is 17.9. The van der Waals surface area contributed by atoms with Crippen LogP contribution in [0.2, 0.25) is 0 Å². The van der Waals surface area contributed by atoms with E-state index in [4.69, 9.17) is 9.84 Å². The Morgan fingerprint density at radius 3 is 1.39 bits per heavy atom. The maximum Gasteiger partial charge on any atom is 0.306 e. The summed E-state index contributed by atoms with van der Waals surface area (Å²) in [5, 5.41) is 8.78. The highest BCUT2D eigenvalue weighted by Gasteiger charge is 2.14. The van der Waals surface area contributed by atoms with E-state index in [2.05, 4.69) is 86.8 Å². The van der Waals surface area contributed by atoms with Gasteiger partial charge >= 0.3 is 11.9 Å². The molecular weight excluding hydrogens is 544 g/mol. The Morgan fingerprint density at radius 1 is 0.523 bits per heavy atom. The van der Waals surface area contributed by atoms with Crippen molar-refractivity contribution >= 4 is 11.9 Å². The van der Waals surface area contributed by atoms with Crippen LogP contribution in [0, 0.1) is 0 Å². The standard InChI is InChI=1S/C40H66O4/c1-3-5-7-9-11-12-13-14-15-16-17-18-19-20-21-22-24-29-33-37-40(43)44-38(34-30-26-23-10-8-6-4-2)35-31-27-25-28-32-36-39(41)42/h5,7,11-12,14-15,17-18,20-21,24,29,38H,3-4,6,8-10,13,16,19,22-23,25-28,30-37H2,1-2H3,(H,41,42)/b7-5-,12-11-,15-14-,18-17-,21-20-,29-24-. The zero-order valence-corrected chi connectivity index (χ0v) is 28.4. The summed E-state index contributed by atoms with van der Waals surface area (Å²) in [6, 6.07) is 0. The van der Waals surface area contributed by atoms with Gasteiger partial charge in [0.15, 0.2) is 0 Å². The maximum absolute atomic E-state index is 12.5. The normalized spacial score (nSPS) is 13.1. The summed E-state index contributed by atoms with van der Waals surface area (Å²) in [5.41, 5.74) is 0. The minimum Gasteiger partial charge on any atom is -0.481 e. The monoisotopic (exact) mass is 610 g/mol. The summed E-state index contributed by atoms with van der Waals surface area (Å²) in [6.07, 6.45) is 49.2. The van der Waals surface area contributed by atoms with E-state index in [0.29, 0.717) is 6.42 Å². The Balaban J connectivity index is 4.13. The van der Waals surface area contributed by atoms with Crippen LogP contribution in [-0.4, -0.2) is 23.1 Å². The molecule has 4 nitrogen and oxygen atoms in total. The molecule has 1 atom stereocenters. The van der Waals surface area contributed by atoms with E-state index in [0.717, 1.165) is 96.3 Å². The van der Waals surface area contributed by atoms with Crippen LogP contribution in [0.4, 0.5) is 0 Å². The van der Waals surface area contributed by atoms with Crippen LogP contribution >= 0.6 is 0 Å². The van der Waals surface area contributed by atoms with Gasteiger partial charge in [0.05, 0.1) is 0 Å².